The largest absolute Gasteiger partial charge is 0.312 e. The van der Waals surface area contributed by atoms with Gasteiger partial charge < -0.3 is 5.32 Å². The lowest BCUT2D eigenvalue weighted by Gasteiger charge is -2.26. The summed E-state index contributed by atoms with van der Waals surface area (Å²) in [5.41, 5.74) is 1.17. The van der Waals surface area contributed by atoms with Gasteiger partial charge in [0.2, 0.25) is 0 Å². The molecule has 1 aliphatic rings. The maximum absolute atomic E-state index is 11.5. The molecule has 118 valence electrons. The second-order valence-corrected chi connectivity index (χ2v) is 8.33. The van der Waals surface area contributed by atoms with Crippen LogP contribution in [0.15, 0.2) is 29.2 Å². The zero-order valence-corrected chi connectivity index (χ0v) is 14.0. The Balaban J connectivity index is 2.03. The van der Waals surface area contributed by atoms with E-state index < -0.39 is 9.84 Å². The van der Waals surface area contributed by atoms with Crippen LogP contribution in [0.5, 0.6) is 0 Å². The van der Waals surface area contributed by atoms with Crippen molar-refractivity contribution in [3.8, 4) is 0 Å². The number of nitrogens with one attached hydrogen (secondary N) is 1. The van der Waals surface area contributed by atoms with Crippen molar-refractivity contribution in [1.82, 2.24) is 10.2 Å². The first-order chi connectivity index (χ1) is 9.86. The van der Waals surface area contributed by atoms with Gasteiger partial charge in [-0.05, 0) is 43.1 Å². The Morgan fingerprint density at radius 1 is 1.29 bits per heavy atom. The molecule has 1 aromatic rings. The van der Waals surface area contributed by atoms with Gasteiger partial charge in [-0.2, -0.15) is 0 Å². The number of nitrogens with zero attached hydrogens (tertiary/aromatic N) is 1. The molecule has 0 aromatic heterocycles. The van der Waals surface area contributed by atoms with Crippen LogP contribution >= 0.6 is 0 Å². The van der Waals surface area contributed by atoms with Gasteiger partial charge in [-0.15, -0.1) is 0 Å². The van der Waals surface area contributed by atoms with Crippen molar-refractivity contribution in [3.05, 3.63) is 29.8 Å². The van der Waals surface area contributed by atoms with E-state index >= 15 is 0 Å². The molecule has 1 saturated heterocycles. The molecule has 1 unspecified atom stereocenters. The highest BCUT2D eigenvalue weighted by Gasteiger charge is 2.20. The summed E-state index contributed by atoms with van der Waals surface area (Å²) in [6.07, 6.45) is 2.40. The summed E-state index contributed by atoms with van der Waals surface area (Å²) in [4.78, 5) is 2.85. The van der Waals surface area contributed by atoms with Crippen molar-refractivity contribution in [2.24, 2.45) is 5.92 Å². The second-order valence-electron chi connectivity index (χ2n) is 6.31. The van der Waals surface area contributed by atoms with Gasteiger partial charge in [-0.3, -0.25) is 4.90 Å². The van der Waals surface area contributed by atoms with Gasteiger partial charge in [0.25, 0.3) is 0 Å². The van der Waals surface area contributed by atoms with Crippen LogP contribution < -0.4 is 5.32 Å². The van der Waals surface area contributed by atoms with Gasteiger partial charge in [0.15, 0.2) is 9.84 Å². The molecule has 1 atom stereocenters. The molecule has 0 radical (unpaired) electrons. The quantitative estimate of drug-likeness (QED) is 0.923. The molecular formula is C16H26N2O2S. The monoisotopic (exact) mass is 310 g/mol. The van der Waals surface area contributed by atoms with Crippen LogP contribution in [-0.4, -0.2) is 45.2 Å². The molecule has 1 fully saturated rings. The molecule has 1 heterocycles. The van der Waals surface area contributed by atoms with Crippen LogP contribution in [0.2, 0.25) is 0 Å². The summed E-state index contributed by atoms with van der Waals surface area (Å²) in [5, 5.41) is 3.60. The maximum Gasteiger partial charge on any atom is 0.175 e. The van der Waals surface area contributed by atoms with Crippen LogP contribution in [-0.2, 0) is 16.4 Å². The highest BCUT2D eigenvalue weighted by molar-refractivity contribution is 7.90. The lowest BCUT2D eigenvalue weighted by atomic mass is 10.0. The normalized spacial score (nSPS) is 21.4. The van der Waals surface area contributed by atoms with Crippen molar-refractivity contribution in [2.75, 3.05) is 25.9 Å². The van der Waals surface area contributed by atoms with Crippen molar-refractivity contribution in [3.63, 3.8) is 0 Å². The average Bonchev–Trinajstić information content (AvgIpc) is 2.64. The summed E-state index contributed by atoms with van der Waals surface area (Å²) < 4.78 is 23.0. The summed E-state index contributed by atoms with van der Waals surface area (Å²) in [6, 6.07) is 7.81. The first-order valence-corrected chi connectivity index (χ1v) is 9.50. The summed E-state index contributed by atoms with van der Waals surface area (Å²) in [6.45, 7) is 8.60. The first kappa shape index (κ1) is 16.5. The van der Waals surface area contributed by atoms with Crippen LogP contribution in [0.3, 0.4) is 0 Å². The van der Waals surface area contributed by atoms with Gasteiger partial charge in [0, 0.05) is 25.4 Å². The lowest BCUT2D eigenvalue weighted by molar-refractivity contribution is 0.238. The molecule has 4 nitrogen and oxygen atoms in total. The minimum Gasteiger partial charge on any atom is -0.312 e. The van der Waals surface area contributed by atoms with Crippen LogP contribution in [0, 0.1) is 5.92 Å². The van der Waals surface area contributed by atoms with Gasteiger partial charge in [0.1, 0.15) is 0 Å². The highest BCUT2D eigenvalue weighted by atomic mass is 32.2. The van der Waals surface area contributed by atoms with Crippen LogP contribution in [0.25, 0.3) is 0 Å². The molecule has 0 spiro atoms. The summed E-state index contributed by atoms with van der Waals surface area (Å²) in [5.74, 6) is 0.623. The maximum atomic E-state index is 11.5. The Bertz CT molecular complexity index is 552. The van der Waals surface area contributed by atoms with E-state index in [0.29, 0.717) is 16.9 Å². The van der Waals surface area contributed by atoms with E-state index in [1.807, 2.05) is 12.1 Å². The van der Waals surface area contributed by atoms with E-state index in [0.717, 1.165) is 32.6 Å². The Morgan fingerprint density at radius 3 is 2.52 bits per heavy atom. The van der Waals surface area contributed by atoms with E-state index in [1.165, 1.54) is 11.8 Å². The summed E-state index contributed by atoms with van der Waals surface area (Å²) in [7, 11) is -3.10. The SMILES string of the molecule is CC(C)C1CN(Cc2ccc(S(C)(=O)=O)cc2)CCCN1. The first-order valence-electron chi connectivity index (χ1n) is 7.61. The Hall–Kier alpha value is -0.910. The Labute approximate surface area is 128 Å². The molecule has 1 aliphatic heterocycles. The Kier molecular flexibility index (Phi) is 5.41. The third-order valence-corrected chi connectivity index (χ3v) is 5.20. The zero-order chi connectivity index (χ0) is 15.5. The van der Waals surface area contributed by atoms with E-state index in [4.69, 9.17) is 0 Å². The van der Waals surface area contributed by atoms with E-state index in [1.54, 1.807) is 12.1 Å². The van der Waals surface area contributed by atoms with Crippen molar-refractivity contribution < 1.29 is 8.42 Å². The minimum atomic E-state index is -3.10. The zero-order valence-electron chi connectivity index (χ0n) is 13.2. The number of rotatable bonds is 4. The average molecular weight is 310 g/mol. The fourth-order valence-electron chi connectivity index (χ4n) is 2.71. The van der Waals surface area contributed by atoms with Gasteiger partial charge >= 0.3 is 0 Å². The van der Waals surface area contributed by atoms with E-state index in [9.17, 15) is 8.42 Å². The van der Waals surface area contributed by atoms with Crippen LogP contribution in [0.1, 0.15) is 25.8 Å². The third-order valence-electron chi connectivity index (χ3n) is 4.07. The van der Waals surface area contributed by atoms with Crippen LogP contribution in [0.4, 0.5) is 0 Å². The predicted molar refractivity (Wildman–Crippen MR) is 86.1 cm³/mol. The minimum absolute atomic E-state index is 0.392. The van der Waals surface area contributed by atoms with E-state index in [-0.39, 0.29) is 0 Å². The predicted octanol–water partition coefficient (Wildman–Crippen LogP) is 1.91. The number of hydrogen-bond donors (Lipinski definition) is 1. The molecule has 1 N–H and O–H groups in total. The standard InChI is InChI=1S/C16H26N2O2S/c1-13(2)16-12-18(10-4-9-17-16)11-14-5-7-15(8-6-14)21(3,19)20/h5-8,13,16-17H,4,9-12H2,1-3H3. The van der Waals surface area contributed by atoms with E-state index in [2.05, 4.69) is 24.1 Å². The number of sulfone groups is 1. The van der Waals surface area contributed by atoms with Crippen molar-refractivity contribution in [1.29, 1.82) is 0 Å². The van der Waals surface area contributed by atoms with Gasteiger partial charge in [-0.1, -0.05) is 26.0 Å². The molecule has 0 aliphatic carbocycles. The lowest BCUT2D eigenvalue weighted by Crippen LogP contribution is -2.41. The molecule has 5 heteroatoms. The molecular weight excluding hydrogens is 284 g/mol. The fraction of sp³-hybridized carbons (Fsp3) is 0.625. The molecule has 21 heavy (non-hydrogen) atoms. The number of hydrogen-bond acceptors (Lipinski definition) is 4. The molecule has 0 saturated carbocycles. The van der Waals surface area contributed by atoms with Gasteiger partial charge in [-0.25, -0.2) is 8.42 Å². The molecule has 1 aromatic carbocycles. The van der Waals surface area contributed by atoms with Crippen molar-refractivity contribution in [2.45, 2.75) is 37.8 Å². The number of benzene rings is 1. The highest BCUT2D eigenvalue weighted by Crippen LogP contribution is 2.15. The smallest absolute Gasteiger partial charge is 0.175 e. The topological polar surface area (TPSA) is 49.4 Å². The van der Waals surface area contributed by atoms with Crippen molar-refractivity contribution >= 4 is 9.84 Å². The molecule has 0 bridgehead atoms. The molecule has 2 rings (SSSR count). The third kappa shape index (κ3) is 4.80. The second kappa shape index (κ2) is 6.90. The summed E-state index contributed by atoms with van der Waals surface area (Å²) >= 11 is 0. The Morgan fingerprint density at radius 2 is 1.95 bits per heavy atom. The fourth-order valence-corrected chi connectivity index (χ4v) is 3.34. The van der Waals surface area contributed by atoms with Gasteiger partial charge in [0.05, 0.1) is 4.90 Å². The molecule has 0 amide bonds.